The molecule has 1 saturated carbocycles. The quantitative estimate of drug-likeness (QED) is 0.834. The summed E-state index contributed by atoms with van der Waals surface area (Å²) in [5, 5.41) is 0. The molecule has 2 amide bonds. The van der Waals surface area contributed by atoms with Gasteiger partial charge in [0.05, 0.1) is 5.56 Å². The summed E-state index contributed by atoms with van der Waals surface area (Å²) in [6.45, 7) is 5.11. The van der Waals surface area contributed by atoms with Crippen LogP contribution in [0.1, 0.15) is 53.8 Å². The lowest BCUT2D eigenvalue weighted by atomic mass is 9.79. The first-order valence-electron chi connectivity index (χ1n) is 8.90. The minimum Gasteiger partial charge on any atom is -0.338 e. The summed E-state index contributed by atoms with van der Waals surface area (Å²) >= 11 is 0. The fraction of sp³-hybridized carbons (Fsp3) is 0.556. The average molecular weight is 377 g/mol. The van der Waals surface area contributed by atoms with E-state index in [0.717, 1.165) is 4.31 Å². The van der Waals surface area contributed by atoms with E-state index in [2.05, 4.69) is 0 Å². The molecule has 1 aliphatic carbocycles. The summed E-state index contributed by atoms with van der Waals surface area (Å²) in [7, 11) is -3.86. The molecule has 1 unspecified atom stereocenters. The van der Waals surface area contributed by atoms with Gasteiger partial charge in [-0.1, -0.05) is 13.8 Å². The van der Waals surface area contributed by atoms with Crippen LogP contribution in [0.3, 0.4) is 0 Å². The molecule has 2 heterocycles. The highest BCUT2D eigenvalue weighted by Crippen LogP contribution is 2.40. The number of likely N-dealkylation sites (tertiary alicyclic amines) is 1. The average Bonchev–Trinajstić information content (AvgIpc) is 3.37. The van der Waals surface area contributed by atoms with Crippen molar-refractivity contribution in [2.75, 3.05) is 13.1 Å². The molecular weight excluding hydrogens is 354 g/mol. The molecule has 0 spiro atoms. The SMILES string of the molecule is CC1(C)CN(C(=O)c2ccc3c(c2)S(=O)(=O)N(C2CC2)C3=O)CCC1N. The zero-order valence-corrected chi connectivity index (χ0v) is 15.8. The maximum absolute atomic E-state index is 12.9. The first-order chi connectivity index (χ1) is 12.1. The van der Waals surface area contributed by atoms with Gasteiger partial charge in [0.25, 0.3) is 21.8 Å². The number of benzene rings is 1. The number of hydrogen-bond acceptors (Lipinski definition) is 5. The number of sulfonamides is 1. The minimum atomic E-state index is -3.86. The molecule has 1 aromatic rings. The molecule has 0 radical (unpaired) electrons. The highest BCUT2D eigenvalue weighted by Gasteiger charge is 2.49. The number of rotatable bonds is 2. The Hall–Kier alpha value is -1.93. The van der Waals surface area contributed by atoms with Gasteiger partial charge < -0.3 is 10.6 Å². The van der Waals surface area contributed by atoms with Crippen LogP contribution < -0.4 is 5.73 Å². The van der Waals surface area contributed by atoms with E-state index in [1.54, 1.807) is 11.0 Å². The van der Waals surface area contributed by atoms with Gasteiger partial charge in [-0.15, -0.1) is 0 Å². The molecule has 3 aliphatic rings. The Kier molecular flexibility index (Phi) is 3.72. The number of carbonyl (C=O) groups is 2. The van der Waals surface area contributed by atoms with E-state index in [1.165, 1.54) is 12.1 Å². The monoisotopic (exact) mass is 377 g/mol. The third kappa shape index (κ3) is 2.54. The van der Waals surface area contributed by atoms with Gasteiger partial charge in [-0.05, 0) is 42.9 Å². The molecule has 4 rings (SSSR count). The Morgan fingerprint density at radius 3 is 2.54 bits per heavy atom. The van der Waals surface area contributed by atoms with Crippen molar-refractivity contribution in [2.24, 2.45) is 11.1 Å². The largest absolute Gasteiger partial charge is 0.338 e. The third-order valence-electron chi connectivity index (χ3n) is 5.67. The topological polar surface area (TPSA) is 101 Å². The van der Waals surface area contributed by atoms with Gasteiger partial charge in [0.1, 0.15) is 4.90 Å². The van der Waals surface area contributed by atoms with Crippen LogP contribution in [0, 0.1) is 5.41 Å². The van der Waals surface area contributed by atoms with Crippen molar-refractivity contribution in [3.63, 3.8) is 0 Å². The number of carbonyl (C=O) groups excluding carboxylic acids is 2. The molecule has 1 saturated heterocycles. The molecular formula is C18H23N3O4S. The Morgan fingerprint density at radius 1 is 1.23 bits per heavy atom. The predicted molar refractivity (Wildman–Crippen MR) is 95.1 cm³/mol. The van der Waals surface area contributed by atoms with Crippen LogP contribution in [-0.4, -0.2) is 54.6 Å². The first-order valence-corrected chi connectivity index (χ1v) is 10.3. The van der Waals surface area contributed by atoms with Crippen molar-refractivity contribution in [1.29, 1.82) is 0 Å². The van der Waals surface area contributed by atoms with Gasteiger partial charge in [0, 0.05) is 30.7 Å². The first kappa shape index (κ1) is 17.5. The summed E-state index contributed by atoms with van der Waals surface area (Å²) in [6, 6.07) is 4.16. The van der Waals surface area contributed by atoms with Crippen molar-refractivity contribution in [3.05, 3.63) is 29.3 Å². The highest BCUT2D eigenvalue weighted by atomic mass is 32.2. The molecule has 7 nitrogen and oxygen atoms in total. The van der Waals surface area contributed by atoms with Gasteiger partial charge in [0.15, 0.2) is 0 Å². The van der Waals surface area contributed by atoms with Crippen LogP contribution in [0.25, 0.3) is 0 Å². The van der Waals surface area contributed by atoms with Crippen LogP contribution in [-0.2, 0) is 10.0 Å². The third-order valence-corrected chi connectivity index (χ3v) is 7.55. The molecule has 26 heavy (non-hydrogen) atoms. The molecule has 2 N–H and O–H groups in total. The normalized spacial score (nSPS) is 26.7. The number of amides is 2. The molecule has 2 aliphatic heterocycles. The van der Waals surface area contributed by atoms with E-state index in [-0.39, 0.29) is 33.9 Å². The highest BCUT2D eigenvalue weighted by molar-refractivity contribution is 7.90. The Balaban J connectivity index is 1.66. The van der Waals surface area contributed by atoms with E-state index in [4.69, 9.17) is 5.73 Å². The van der Waals surface area contributed by atoms with Crippen LogP contribution in [0.15, 0.2) is 23.1 Å². The maximum atomic E-state index is 12.9. The smallest absolute Gasteiger partial charge is 0.269 e. The molecule has 1 aromatic carbocycles. The maximum Gasteiger partial charge on any atom is 0.269 e. The van der Waals surface area contributed by atoms with Gasteiger partial charge in [-0.2, -0.15) is 0 Å². The summed E-state index contributed by atoms with van der Waals surface area (Å²) < 4.78 is 26.5. The molecule has 2 fully saturated rings. The fourth-order valence-electron chi connectivity index (χ4n) is 3.78. The molecule has 0 aromatic heterocycles. The summed E-state index contributed by atoms with van der Waals surface area (Å²) in [5.41, 5.74) is 6.39. The van der Waals surface area contributed by atoms with Crippen LogP contribution >= 0.6 is 0 Å². The predicted octanol–water partition coefficient (Wildman–Crippen LogP) is 1.19. The van der Waals surface area contributed by atoms with E-state index < -0.39 is 15.9 Å². The van der Waals surface area contributed by atoms with Gasteiger partial charge in [-0.25, -0.2) is 12.7 Å². The summed E-state index contributed by atoms with van der Waals surface area (Å²) in [5.74, 6) is -0.702. The van der Waals surface area contributed by atoms with Crippen molar-refractivity contribution < 1.29 is 18.0 Å². The van der Waals surface area contributed by atoms with E-state index in [1.807, 2.05) is 13.8 Å². The van der Waals surface area contributed by atoms with Crippen molar-refractivity contribution in [2.45, 2.75) is 50.1 Å². The minimum absolute atomic E-state index is 0.0247. The number of fused-ring (bicyclic) bond motifs is 1. The molecule has 0 bridgehead atoms. The van der Waals surface area contributed by atoms with E-state index in [0.29, 0.717) is 37.9 Å². The number of nitrogens with zero attached hydrogens (tertiary/aromatic N) is 2. The second kappa shape index (κ2) is 5.53. The van der Waals surface area contributed by atoms with Crippen LogP contribution in [0.5, 0.6) is 0 Å². The summed E-state index contributed by atoms with van der Waals surface area (Å²) in [4.78, 5) is 27.0. The lowest BCUT2D eigenvalue weighted by Gasteiger charge is -2.42. The lowest BCUT2D eigenvalue weighted by Crippen LogP contribution is -2.54. The van der Waals surface area contributed by atoms with Gasteiger partial charge >= 0.3 is 0 Å². The summed E-state index contributed by atoms with van der Waals surface area (Å²) in [6.07, 6.45) is 2.11. The lowest BCUT2D eigenvalue weighted by molar-refractivity contribution is 0.0532. The fourth-order valence-corrected chi connectivity index (χ4v) is 5.62. The van der Waals surface area contributed by atoms with Crippen molar-refractivity contribution in [1.82, 2.24) is 9.21 Å². The molecule has 8 heteroatoms. The second-order valence-corrected chi connectivity index (χ2v) is 9.94. The Bertz CT molecular complexity index is 905. The van der Waals surface area contributed by atoms with Crippen LogP contribution in [0.4, 0.5) is 0 Å². The molecule has 140 valence electrons. The zero-order chi connectivity index (χ0) is 18.9. The number of hydrogen-bond donors (Lipinski definition) is 1. The van der Waals surface area contributed by atoms with Gasteiger partial charge in [0.2, 0.25) is 0 Å². The second-order valence-electron chi connectivity index (χ2n) is 8.16. The number of piperidine rings is 1. The zero-order valence-electron chi connectivity index (χ0n) is 14.9. The standard InChI is InChI=1S/C18H23N3O4S/c1-18(2)10-20(8-7-15(18)19)16(22)11-3-6-13-14(9-11)26(24,25)21(17(13)23)12-4-5-12/h3,6,9,12,15H,4-5,7-8,10,19H2,1-2H3. The van der Waals surface area contributed by atoms with E-state index >= 15 is 0 Å². The van der Waals surface area contributed by atoms with Crippen molar-refractivity contribution in [3.8, 4) is 0 Å². The van der Waals surface area contributed by atoms with Crippen LogP contribution in [0.2, 0.25) is 0 Å². The van der Waals surface area contributed by atoms with Gasteiger partial charge in [-0.3, -0.25) is 9.59 Å². The Labute approximate surface area is 153 Å². The molecule has 1 atom stereocenters. The van der Waals surface area contributed by atoms with Crippen molar-refractivity contribution >= 4 is 21.8 Å². The number of nitrogens with two attached hydrogens (primary N) is 1. The van der Waals surface area contributed by atoms with E-state index in [9.17, 15) is 18.0 Å². The Morgan fingerprint density at radius 2 is 1.92 bits per heavy atom.